The summed E-state index contributed by atoms with van der Waals surface area (Å²) >= 11 is 0. The van der Waals surface area contributed by atoms with Crippen molar-refractivity contribution in [1.29, 1.82) is 0 Å². The number of hydrogen-bond acceptors (Lipinski definition) is 6. The molecule has 0 saturated heterocycles. The van der Waals surface area contributed by atoms with Gasteiger partial charge in [-0.25, -0.2) is 8.42 Å². The topological polar surface area (TPSA) is 133 Å². The van der Waals surface area contributed by atoms with Crippen molar-refractivity contribution in [1.82, 2.24) is 5.32 Å². The van der Waals surface area contributed by atoms with E-state index in [9.17, 15) is 23.4 Å². The quantitative estimate of drug-likeness (QED) is 0.488. The first-order valence-corrected chi connectivity index (χ1v) is 12.1. The van der Waals surface area contributed by atoms with Crippen molar-refractivity contribution < 1.29 is 23.4 Å². The number of aromatic hydroxyl groups is 1. The second-order valence-corrected chi connectivity index (χ2v) is 9.84. The largest absolute Gasteiger partial charge is 0.507 e. The number of sulfonamides is 1. The molecule has 1 aliphatic carbocycles. The van der Waals surface area contributed by atoms with Crippen LogP contribution in [-0.2, 0) is 10.0 Å². The van der Waals surface area contributed by atoms with Crippen LogP contribution in [0.4, 0.5) is 5.69 Å². The Morgan fingerprint density at radius 1 is 1.23 bits per heavy atom. The molecule has 0 aromatic heterocycles. The Kier molecular flexibility index (Phi) is 7.19. The predicted octanol–water partition coefficient (Wildman–Crippen LogP) is 1.89. The normalized spacial score (nSPS) is 20.2. The van der Waals surface area contributed by atoms with Crippen LogP contribution in [0.2, 0.25) is 0 Å². The highest BCUT2D eigenvalue weighted by Gasteiger charge is 2.32. The number of nitrogens with one attached hydrogen (secondary N) is 1. The molecular formula is C22H29N3O5S. The Bertz CT molecular complexity index is 1010. The fourth-order valence-electron chi connectivity index (χ4n) is 4.16. The van der Waals surface area contributed by atoms with Crippen molar-refractivity contribution in [3.05, 3.63) is 59.7 Å². The minimum Gasteiger partial charge on any atom is -0.507 e. The van der Waals surface area contributed by atoms with Crippen LogP contribution in [0, 0.1) is 0 Å². The maximum Gasteiger partial charge on any atom is 0.252 e. The van der Waals surface area contributed by atoms with Gasteiger partial charge in [0.05, 0.1) is 23.6 Å². The molecule has 1 fully saturated rings. The van der Waals surface area contributed by atoms with E-state index in [2.05, 4.69) is 5.32 Å². The second-order valence-electron chi connectivity index (χ2n) is 7.98. The lowest BCUT2D eigenvalue weighted by molar-refractivity contribution is 0.0997. The average molecular weight is 448 g/mol. The van der Waals surface area contributed by atoms with Gasteiger partial charge in [-0.15, -0.1) is 0 Å². The Balaban J connectivity index is 1.67. The van der Waals surface area contributed by atoms with Crippen LogP contribution in [-0.4, -0.2) is 49.4 Å². The van der Waals surface area contributed by atoms with Gasteiger partial charge in [0.15, 0.2) is 0 Å². The fraction of sp³-hybridized carbons (Fsp3) is 0.409. The number of phenols is 1. The highest BCUT2D eigenvalue weighted by Crippen LogP contribution is 2.30. The lowest BCUT2D eigenvalue weighted by Crippen LogP contribution is -2.47. The minimum absolute atomic E-state index is 0.0362. The maximum absolute atomic E-state index is 12.5. The molecular weight excluding hydrogens is 418 g/mol. The summed E-state index contributed by atoms with van der Waals surface area (Å²) in [6, 6.07) is 13.2. The van der Waals surface area contributed by atoms with Crippen LogP contribution in [0.1, 0.15) is 47.7 Å². The summed E-state index contributed by atoms with van der Waals surface area (Å²) in [5.41, 5.74) is 6.33. The monoisotopic (exact) mass is 447 g/mol. The van der Waals surface area contributed by atoms with Crippen molar-refractivity contribution in [3.8, 4) is 5.75 Å². The van der Waals surface area contributed by atoms with Gasteiger partial charge in [0.2, 0.25) is 10.0 Å². The Hall–Kier alpha value is -2.62. The summed E-state index contributed by atoms with van der Waals surface area (Å²) < 4.78 is 26.5. The number of primary amides is 1. The lowest BCUT2D eigenvalue weighted by Gasteiger charge is -2.38. The molecule has 31 heavy (non-hydrogen) atoms. The number of amides is 1. The van der Waals surface area contributed by atoms with Crippen molar-refractivity contribution in [2.75, 3.05) is 17.1 Å². The van der Waals surface area contributed by atoms with Gasteiger partial charge in [0.1, 0.15) is 5.75 Å². The molecule has 3 unspecified atom stereocenters. The first-order chi connectivity index (χ1) is 14.7. The van der Waals surface area contributed by atoms with Crippen LogP contribution >= 0.6 is 0 Å². The zero-order valence-electron chi connectivity index (χ0n) is 17.4. The average Bonchev–Trinajstić information content (AvgIpc) is 2.72. The summed E-state index contributed by atoms with van der Waals surface area (Å²) in [4.78, 5) is 11.4. The van der Waals surface area contributed by atoms with E-state index in [0.29, 0.717) is 17.7 Å². The molecule has 1 saturated carbocycles. The number of carbonyl (C=O) groups excluding carboxylic acids is 1. The maximum atomic E-state index is 12.5. The molecule has 5 N–H and O–H groups in total. The van der Waals surface area contributed by atoms with Crippen LogP contribution in [0.15, 0.2) is 48.5 Å². The number of carbonyl (C=O) groups is 1. The summed E-state index contributed by atoms with van der Waals surface area (Å²) in [7, 11) is -3.44. The zero-order valence-corrected chi connectivity index (χ0v) is 18.3. The molecule has 0 bridgehead atoms. The van der Waals surface area contributed by atoms with Crippen LogP contribution in [0.3, 0.4) is 0 Å². The van der Waals surface area contributed by atoms with Crippen LogP contribution < -0.4 is 15.4 Å². The molecule has 0 aliphatic heterocycles. The van der Waals surface area contributed by atoms with E-state index in [0.717, 1.165) is 19.3 Å². The standard InChI is InChI=1S/C22H29N3O5S/c1-31(29,30)25(17-7-3-2-4-8-17)18-9-5-6-16(13-18)24-14-21(27)15-10-11-20(26)19(12-15)22(23)28/h2-4,7-8,10-12,16,18,21,24,26-27H,5-6,9,13-14H2,1H3,(H2,23,28). The lowest BCUT2D eigenvalue weighted by atomic mass is 9.90. The van der Waals surface area contributed by atoms with E-state index in [1.165, 1.54) is 22.7 Å². The van der Waals surface area contributed by atoms with Crippen molar-refractivity contribution in [3.63, 3.8) is 0 Å². The van der Waals surface area contributed by atoms with Gasteiger partial charge >= 0.3 is 0 Å². The van der Waals surface area contributed by atoms with Gasteiger partial charge < -0.3 is 21.3 Å². The molecule has 0 heterocycles. The van der Waals surface area contributed by atoms with Crippen LogP contribution in [0.5, 0.6) is 5.75 Å². The van der Waals surface area contributed by atoms with Gasteiger partial charge in [-0.1, -0.05) is 24.3 Å². The van der Waals surface area contributed by atoms with E-state index < -0.39 is 22.0 Å². The van der Waals surface area contributed by atoms with Gasteiger partial charge in [0.25, 0.3) is 5.91 Å². The van der Waals surface area contributed by atoms with Crippen molar-refractivity contribution in [2.24, 2.45) is 5.73 Å². The van der Waals surface area contributed by atoms with E-state index >= 15 is 0 Å². The summed E-state index contributed by atoms with van der Waals surface area (Å²) in [5.74, 6) is -0.996. The van der Waals surface area contributed by atoms with E-state index in [4.69, 9.17) is 5.73 Å². The third kappa shape index (κ3) is 5.75. The SMILES string of the molecule is CS(=O)(=O)N(c1ccccc1)C1CCCC(NCC(O)c2ccc(O)c(C(N)=O)c2)C1. The Morgan fingerprint density at radius 3 is 2.58 bits per heavy atom. The second kappa shape index (κ2) is 9.67. The smallest absolute Gasteiger partial charge is 0.252 e. The van der Waals surface area contributed by atoms with Gasteiger partial charge in [-0.3, -0.25) is 9.10 Å². The Labute approximate surface area is 182 Å². The molecule has 1 aliphatic rings. The van der Waals surface area contributed by atoms with Gasteiger partial charge in [0, 0.05) is 18.6 Å². The third-order valence-corrected chi connectivity index (χ3v) is 6.84. The Morgan fingerprint density at radius 2 is 1.94 bits per heavy atom. The first kappa shape index (κ1) is 23.1. The van der Waals surface area contributed by atoms with E-state index in [-0.39, 0.29) is 29.9 Å². The molecule has 1 amide bonds. The number of nitrogens with zero attached hydrogens (tertiary/aromatic N) is 1. The minimum atomic E-state index is -3.44. The number of anilines is 1. The molecule has 2 aromatic rings. The molecule has 0 radical (unpaired) electrons. The third-order valence-electron chi connectivity index (χ3n) is 5.62. The molecule has 0 spiro atoms. The summed E-state index contributed by atoms with van der Waals surface area (Å²) in [6.07, 6.45) is 3.45. The van der Waals surface area contributed by atoms with Crippen LogP contribution in [0.25, 0.3) is 0 Å². The molecule has 3 atom stereocenters. The van der Waals surface area contributed by atoms with Gasteiger partial charge in [-0.05, 0) is 55.5 Å². The number of rotatable bonds is 8. The predicted molar refractivity (Wildman–Crippen MR) is 119 cm³/mol. The molecule has 3 rings (SSSR count). The number of aliphatic hydroxyl groups excluding tert-OH is 1. The molecule has 168 valence electrons. The summed E-state index contributed by atoms with van der Waals surface area (Å²) in [5, 5.41) is 23.6. The van der Waals surface area contributed by atoms with Crippen molar-refractivity contribution in [2.45, 2.75) is 43.9 Å². The molecule has 2 aromatic carbocycles. The number of para-hydroxylation sites is 1. The van der Waals surface area contributed by atoms with E-state index in [1.54, 1.807) is 18.2 Å². The number of benzene rings is 2. The van der Waals surface area contributed by atoms with Gasteiger partial charge in [-0.2, -0.15) is 0 Å². The zero-order chi connectivity index (χ0) is 22.6. The van der Waals surface area contributed by atoms with Crippen molar-refractivity contribution >= 4 is 21.6 Å². The fourth-order valence-corrected chi connectivity index (χ4v) is 5.40. The van der Waals surface area contributed by atoms with E-state index in [1.807, 2.05) is 18.2 Å². The first-order valence-electron chi connectivity index (χ1n) is 10.3. The molecule has 8 nitrogen and oxygen atoms in total. The number of nitrogens with two attached hydrogens (primary N) is 1. The number of aliphatic hydroxyl groups is 1. The summed E-state index contributed by atoms with van der Waals surface area (Å²) in [6.45, 7) is 0.227. The highest BCUT2D eigenvalue weighted by molar-refractivity contribution is 7.92. The molecule has 9 heteroatoms. The number of hydrogen-bond donors (Lipinski definition) is 4. The highest BCUT2D eigenvalue weighted by atomic mass is 32.2.